The van der Waals surface area contributed by atoms with Gasteiger partial charge in [0.1, 0.15) is 12.4 Å². The standard InChI is InChI=1S/C12H16N2O3/c1-9(15)7-12(16)14(2)17-8-10-3-5-11(13)6-4-10/h3-6H,7-8,13H2,1-2H3. The van der Waals surface area contributed by atoms with E-state index in [1.54, 1.807) is 12.1 Å². The second kappa shape index (κ2) is 6.00. The van der Waals surface area contributed by atoms with Crippen LogP contribution in [0.25, 0.3) is 0 Å². The van der Waals surface area contributed by atoms with Gasteiger partial charge in [-0.1, -0.05) is 12.1 Å². The fourth-order valence-corrected chi connectivity index (χ4v) is 1.18. The van der Waals surface area contributed by atoms with Gasteiger partial charge < -0.3 is 5.73 Å². The molecule has 0 fully saturated rings. The van der Waals surface area contributed by atoms with Crippen molar-refractivity contribution in [2.45, 2.75) is 20.0 Å². The van der Waals surface area contributed by atoms with E-state index in [1.807, 2.05) is 12.1 Å². The van der Waals surface area contributed by atoms with E-state index in [0.717, 1.165) is 10.6 Å². The molecule has 0 bridgehead atoms. The van der Waals surface area contributed by atoms with Gasteiger partial charge in [0, 0.05) is 12.7 Å². The lowest BCUT2D eigenvalue weighted by Crippen LogP contribution is -2.28. The number of hydrogen-bond donors (Lipinski definition) is 1. The smallest absolute Gasteiger partial charge is 0.253 e. The second-order valence-corrected chi connectivity index (χ2v) is 3.79. The minimum absolute atomic E-state index is 0.141. The number of carbonyl (C=O) groups is 2. The molecule has 0 saturated heterocycles. The SMILES string of the molecule is CC(=O)CC(=O)N(C)OCc1ccc(N)cc1. The first-order valence-corrected chi connectivity index (χ1v) is 5.22. The van der Waals surface area contributed by atoms with E-state index in [4.69, 9.17) is 10.6 Å². The summed E-state index contributed by atoms with van der Waals surface area (Å²) in [5.41, 5.74) is 7.12. The molecule has 1 aromatic carbocycles. The number of anilines is 1. The van der Waals surface area contributed by atoms with Crippen molar-refractivity contribution < 1.29 is 14.4 Å². The van der Waals surface area contributed by atoms with Crippen LogP contribution in [-0.4, -0.2) is 23.8 Å². The fraction of sp³-hybridized carbons (Fsp3) is 0.333. The molecule has 17 heavy (non-hydrogen) atoms. The maximum atomic E-state index is 11.4. The summed E-state index contributed by atoms with van der Waals surface area (Å²) in [5, 5.41) is 1.08. The van der Waals surface area contributed by atoms with Gasteiger partial charge in [0.15, 0.2) is 0 Å². The number of nitrogens with two attached hydrogens (primary N) is 1. The first-order chi connectivity index (χ1) is 7.99. The lowest BCUT2D eigenvalue weighted by Gasteiger charge is -2.16. The highest BCUT2D eigenvalue weighted by Gasteiger charge is 2.11. The fourth-order valence-electron chi connectivity index (χ4n) is 1.18. The third kappa shape index (κ3) is 4.65. The van der Waals surface area contributed by atoms with Gasteiger partial charge in [-0.25, -0.2) is 5.06 Å². The summed E-state index contributed by atoms with van der Waals surface area (Å²) in [6.07, 6.45) is -0.141. The predicted molar refractivity (Wildman–Crippen MR) is 63.7 cm³/mol. The van der Waals surface area contributed by atoms with Crippen LogP contribution in [0, 0.1) is 0 Å². The van der Waals surface area contributed by atoms with Gasteiger partial charge in [0.05, 0.1) is 6.42 Å². The number of rotatable bonds is 5. The summed E-state index contributed by atoms with van der Waals surface area (Å²) in [4.78, 5) is 27.4. The monoisotopic (exact) mass is 236 g/mol. The van der Waals surface area contributed by atoms with E-state index in [9.17, 15) is 9.59 Å². The predicted octanol–water partition coefficient (Wildman–Crippen LogP) is 1.14. The van der Waals surface area contributed by atoms with E-state index in [2.05, 4.69) is 0 Å². The molecule has 0 aliphatic rings. The number of hydrogen-bond acceptors (Lipinski definition) is 4. The van der Waals surface area contributed by atoms with Crippen molar-refractivity contribution in [1.82, 2.24) is 5.06 Å². The van der Waals surface area contributed by atoms with Gasteiger partial charge in [0.25, 0.3) is 5.91 Å². The number of benzene rings is 1. The van der Waals surface area contributed by atoms with Crippen LogP contribution in [0.2, 0.25) is 0 Å². The molecule has 0 saturated carbocycles. The average Bonchev–Trinajstić information content (AvgIpc) is 2.27. The topological polar surface area (TPSA) is 72.6 Å². The van der Waals surface area contributed by atoms with Crippen LogP contribution in [0.1, 0.15) is 18.9 Å². The Balaban J connectivity index is 2.42. The van der Waals surface area contributed by atoms with Gasteiger partial charge in [-0.05, 0) is 24.6 Å². The van der Waals surface area contributed by atoms with Crippen molar-refractivity contribution in [2.24, 2.45) is 0 Å². The Kier molecular flexibility index (Phi) is 4.66. The average molecular weight is 236 g/mol. The normalized spacial score (nSPS) is 10.0. The summed E-state index contributed by atoms with van der Waals surface area (Å²) in [5.74, 6) is -0.536. The van der Waals surface area contributed by atoms with Crippen molar-refractivity contribution in [3.63, 3.8) is 0 Å². The number of hydroxylamine groups is 2. The molecule has 1 aromatic rings. The number of carbonyl (C=O) groups excluding carboxylic acids is 2. The van der Waals surface area contributed by atoms with Crippen molar-refractivity contribution in [2.75, 3.05) is 12.8 Å². The molecule has 92 valence electrons. The Morgan fingerprint density at radius 1 is 1.29 bits per heavy atom. The third-order valence-electron chi connectivity index (χ3n) is 2.16. The molecule has 0 heterocycles. The highest BCUT2D eigenvalue weighted by atomic mass is 16.7. The molecule has 0 atom stereocenters. The number of ketones is 1. The molecule has 0 aliphatic carbocycles. The highest BCUT2D eigenvalue weighted by molar-refractivity contribution is 5.96. The molecule has 2 N–H and O–H groups in total. The van der Waals surface area contributed by atoms with Gasteiger partial charge in [-0.3, -0.25) is 14.4 Å². The van der Waals surface area contributed by atoms with Crippen molar-refractivity contribution in [3.05, 3.63) is 29.8 Å². The van der Waals surface area contributed by atoms with E-state index in [-0.39, 0.29) is 24.7 Å². The number of nitrogen functional groups attached to an aromatic ring is 1. The maximum absolute atomic E-state index is 11.4. The van der Waals surface area contributed by atoms with Crippen molar-refractivity contribution >= 4 is 17.4 Å². The Hall–Kier alpha value is -1.88. The molecule has 5 nitrogen and oxygen atoms in total. The zero-order valence-corrected chi connectivity index (χ0v) is 9.97. The van der Waals surface area contributed by atoms with E-state index in [0.29, 0.717) is 5.69 Å². The van der Waals surface area contributed by atoms with Crippen molar-refractivity contribution in [1.29, 1.82) is 0 Å². The van der Waals surface area contributed by atoms with Crippen molar-refractivity contribution in [3.8, 4) is 0 Å². The van der Waals surface area contributed by atoms with E-state index < -0.39 is 0 Å². The Morgan fingerprint density at radius 2 is 1.88 bits per heavy atom. The van der Waals surface area contributed by atoms with Gasteiger partial charge in [-0.15, -0.1) is 0 Å². The molecule has 0 radical (unpaired) electrons. The largest absolute Gasteiger partial charge is 0.399 e. The molecular weight excluding hydrogens is 220 g/mol. The number of Topliss-reactive ketones (excluding diaryl/α,β-unsaturated/α-hetero) is 1. The summed E-state index contributed by atoms with van der Waals surface area (Å²) < 4.78 is 0. The molecule has 0 aliphatic heterocycles. The van der Waals surface area contributed by atoms with Crippen LogP contribution in [0.3, 0.4) is 0 Å². The number of nitrogens with zero attached hydrogens (tertiary/aromatic N) is 1. The lowest BCUT2D eigenvalue weighted by molar-refractivity contribution is -0.182. The van der Waals surface area contributed by atoms with Crippen LogP contribution in [0.4, 0.5) is 5.69 Å². The van der Waals surface area contributed by atoms with Gasteiger partial charge in [0.2, 0.25) is 0 Å². The van der Waals surface area contributed by atoms with E-state index in [1.165, 1.54) is 14.0 Å². The Morgan fingerprint density at radius 3 is 2.41 bits per heavy atom. The van der Waals surface area contributed by atoms with Gasteiger partial charge in [-0.2, -0.15) is 0 Å². The molecule has 1 rings (SSSR count). The van der Waals surface area contributed by atoms with Gasteiger partial charge >= 0.3 is 0 Å². The lowest BCUT2D eigenvalue weighted by atomic mass is 10.2. The molecule has 0 spiro atoms. The van der Waals surface area contributed by atoms with Crippen LogP contribution in [-0.2, 0) is 21.0 Å². The molecule has 5 heteroatoms. The Bertz CT molecular complexity index is 401. The van der Waals surface area contributed by atoms with Crippen LogP contribution < -0.4 is 5.73 Å². The quantitative estimate of drug-likeness (QED) is 0.472. The minimum Gasteiger partial charge on any atom is -0.399 e. The summed E-state index contributed by atoms with van der Waals surface area (Å²) in [6.45, 7) is 1.63. The summed E-state index contributed by atoms with van der Waals surface area (Å²) >= 11 is 0. The molecule has 1 amide bonds. The molecular formula is C12H16N2O3. The molecule has 0 aromatic heterocycles. The van der Waals surface area contributed by atoms with E-state index >= 15 is 0 Å². The first-order valence-electron chi connectivity index (χ1n) is 5.22. The number of amides is 1. The zero-order valence-electron chi connectivity index (χ0n) is 9.97. The third-order valence-corrected chi connectivity index (χ3v) is 2.16. The second-order valence-electron chi connectivity index (χ2n) is 3.79. The Labute approximate surface area is 100 Å². The van der Waals surface area contributed by atoms with Crippen LogP contribution in [0.5, 0.6) is 0 Å². The maximum Gasteiger partial charge on any atom is 0.253 e. The van der Waals surface area contributed by atoms with Crippen LogP contribution >= 0.6 is 0 Å². The molecule has 0 unspecified atom stereocenters. The van der Waals surface area contributed by atoms with Crippen LogP contribution in [0.15, 0.2) is 24.3 Å². The zero-order chi connectivity index (χ0) is 12.8. The minimum atomic E-state index is -0.354. The summed E-state index contributed by atoms with van der Waals surface area (Å²) in [6, 6.07) is 7.16. The first kappa shape index (κ1) is 13.2. The summed E-state index contributed by atoms with van der Waals surface area (Å²) in [7, 11) is 1.49. The highest BCUT2D eigenvalue weighted by Crippen LogP contribution is 2.07.